The molecule has 0 aromatic heterocycles. The number of sulfonamides is 1. The normalized spacial score (nSPS) is 27.3. The number of amides is 1. The largest absolute Gasteiger partial charge is 0.454 e. The summed E-state index contributed by atoms with van der Waals surface area (Å²) in [6.45, 7) is 5.67. The van der Waals surface area contributed by atoms with Crippen LogP contribution in [0.15, 0.2) is 46.4 Å². The molecule has 5 rings (SSSR count). The highest BCUT2D eigenvalue weighted by Gasteiger charge is 2.60. The summed E-state index contributed by atoms with van der Waals surface area (Å²) in [4.78, 5) is 24.8. The number of carbonyl (C=O) groups excluding carboxylic acids is 2. The Morgan fingerprint density at radius 3 is 2.58 bits per heavy atom. The minimum absolute atomic E-state index is 0.0399. The van der Waals surface area contributed by atoms with Crippen LogP contribution in [0.1, 0.15) is 40.0 Å². The standard InChI is InChI=1S/C24H27N3O5S/c1-23(2)16-10-11-24(23,3)19(12-16)25-26-20(28)14-32-21(29)13-27-17-8-4-6-15-7-5-9-18(22(15)17)33(27,30)31/h4-9,16H,10-14H2,1-3H3,(H,26,28)/b25-19-. The number of hydrogen-bond acceptors (Lipinski definition) is 6. The highest BCUT2D eigenvalue weighted by Crippen LogP contribution is 2.63. The predicted octanol–water partition coefficient (Wildman–Crippen LogP) is 3.21. The molecule has 2 atom stereocenters. The van der Waals surface area contributed by atoms with Crippen LogP contribution in [0.5, 0.6) is 0 Å². The van der Waals surface area contributed by atoms with E-state index in [1.54, 1.807) is 18.2 Å². The van der Waals surface area contributed by atoms with Gasteiger partial charge in [-0.05, 0) is 48.1 Å². The maximum atomic E-state index is 13.0. The van der Waals surface area contributed by atoms with Crippen LogP contribution in [-0.2, 0) is 24.3 Å². The van der Waals surface area contributed by atoms with Crippen molar-refractivity contribution in [2.75, 3.05) is 17.5 Å². The van der Waals surface area contributed by atoms with E-state index in [0.29, 0.717) is 17.0 Å². The Labute approximate surface area is 193 Å². The first-order chi connectivity index (χ1) is 15.6. The van der Waals surface area contributed by atoms with Crippen molar-refractivity contribution in [1.82, 2.24) is 5.43 Å². The molecule has 8 nitrogen and oxygen atoms in total. The summed E-state index contributed by atoms with van der Waals surface area (Å²) < 4.78 is 32.0. The molecule has 2 bridgehead atoms. The Morgan fingerprint density at radius 2 is 1.91 bits per heavy atom. The molecule has 33 heavy (non-hydrogen) atoms. The third-order valence-electron chi connectivity index (χ3n) is 8.15. The van der Waals surface area contributed by atoms with E-state index in [1.165, 1.54) is 12.5 Å². The number of ether oxygens (including phenoxy) is 1. The van der Waals surface area contributed by atoms with Gasteiger partial charge in [-0.1, -0.05) is 45.0 Å². The van der Waals surface area contributed by atoms with Crippen molar-refractivity contribution in [2.45, 2.75) is 44.9 Å². The van der Waals surface area contributed by atoms with Crippen molar-refractivity contribution in [3.8, 4) is 0 Å². The maximum Gasteiger partial charge on any atom is 0.327 e. The molecule has 174 valence electrons. The Kier molecular flexibility index (Phi) is 4.83. The smallest absolute Gasteiger partial charge is 0.327 e. The van der Waals surface area contributed by atoms with Gasteiger partial charge in [-0.25, -0.2) is 13.8 Å². The lowest BCUT2D eigenvalue weighted by Crippen LogP contribution is -2.36. The molecule has 1 aliphatic heterocycles. The molecular formula is C24H27N3O5S. The lowest BCUT2D eigenvalue weighted by atomic mass is 9.70. The maximum absolute atomic E-state index is 13.0. The van der Waals surface area contributed by atoms with Crippen LogP contribution >= 0.6 is 0 Å². The highest BCUT2D eigenvalue weighted by molar-refractivity contribution is 7.93. The zero-order chi connectivity index (χ0) is 23.6. The van der Waals surface area contributed by atoms with Crippen LogP contribution in [0, 0.1) is 16.7 Å². The highest BCUT2D eigenvalue weighted by atomic mass is 32.2. The number of rotatable bonds is 5. The predicted molar refractivity (Wildman–Crippen MR) is 124 cm³/mol. The molecule has 0 saturated heterocycles. The van der Waals surface area contributed by atoms with E-state index in [2.05, 4.69) is 31.3 Å². The first-order valence-corrected chi connectivity index (χ1v) is 12.6. The first-order valence-electron chi connectivity index (χ1n) is 11.1. The number of benzene rings is 2. The molecule has 2 aromatic carbocycles. The van der Waals surface area contributed by atoms with Crippen LogP contribution in [0.25, 0.3) is 10.8 Å². The van der Waals surface area contributed by atoms with Gasteiger partial charge in [0, 0.05) is 16.5 Å². The average Bonchev–Trinajstić information content (AvgIpc) is 3.22. The molecule has 2 unspecified atom stereocenters. The van der Waals surface area contributed by atoms with Gasteiger partial charge >= 0.3 is 5.97 Å². The van der Waals surface area contributed by atoms with Crippen molar-refractivity contribution in [3.05, 3.63) is 36.4 Å². The van der Waals surface area contributed by atoms with Crippen molar-refractivity contribution < 1.29 is 22.7 Å². The summed E-state index contributed by atoms with van der Waals surface area (Å²) in [5.74, 6) is -0.791. The first kappa shape index (κ1) is 21.9. The van der Waals surface area contributed by atoms with E-state index in [9.17, 15) is 18.0 Å². The molecule has 1 heterocycles. The summed E-state index contributed by atoms with van der Waals surface area (Å²) in [6.07, 6.45) is 3.08. The second-order valence-corrected chi connectivity index (χ2v) is 11.7. The Morgan fingerprint density at radius 1 is 1.18 bits per heavy atom. The lowest BCUT2D eigenvalue weighted by molar-refractivity contribution is -0.147. The second-order valence-electron chi connectivity index (χ2n) is 9.89. The molecule has 1 N–H and O–H groups in total. The third-order valence-corrected chi connectivity index (χ3v) is 9.95. The van der Waals surface area contributed by atoms with Crippen LogP contribution < -0.4 is 9.73 Å². The number of esters is 1. The van der Waals surface area contributed by atoms with Crippen LogP contribution in [0.3, 0.4) is 0 Å². The topological polar surface area (TPSA) is 105 Å². The van der Waals surface area contributed by atoms with E-state index < -0.39 is 35.1 Å². The quantitative estimate of drug-likeness (QED) is 0.535. The molecule has 0 radical (unpaired) electrons. The van der Waals surface area contributed by atoms with E-state index in [1.807, 2.05) is 12.1 Å². The van der Waals surface area contributed by atoms with E-state index in [4.69, 9.17) is 4.74 Å². The zero-order valence-electron chi connectivity index (χ0n) is 18.9. The van der Waals surface area contributed by atoms with Gasteiger partial charge in [-0.3, -0.25) is 13.9 Å². The van der Waals surface area contributed by atoms with E-state index >= 15 is 0 Å². The molecule has 2 saturated carbocycles. The minimum atomic E-state index is -3.87. The summed E-state index contributed by atoms with van der Waals surface area (Å²) in [5.41, 5.74) is 4.03. The van der Waals surface area contributed by atoms with Gasteiger partial charge in [-0.15, -0.1) is 0 Å². The van der Waals surface area contributed by atoms with Crippen LogP contribution in [0.4, 0.5) is 5.69 Å². The fourth-order valence-corrected chi connectivity index (χ4v) is 7.35. The Bertz CT molecular complexity index is 1310. The molecule has 2 aliphatic carbocycles. The summed E-state index contributed by atoms with van der Waals surface area (Å²) in [6, 6.07) is 10.2. The Balaban J connectivity index is 1.22. The van der Waals surface area contributed by atoms with Gasteiger partial charge in [0.1, 0.15) is 6.54 Å². The summed E-state index contributed by atoms with van der Waals surface area (Å²) in [7, 11) is -3.87. The number of carbonyl (C=O) groups is 2. The lowest BCUT2D eigenvalue weighted by Gasteiger charge is -2.34. The van der Waals surface area contributed by atoms with E-state index in [0.717, 1.165) is 28.2 Å². The van der Waals surface area contributed by atoms with Crippen molar-refractivity contribution >= 4 is 44.1 Å². The van der Waals surface area contributed by atoms with Gasteiger partial charge in [0.15, 0.2) is 6.61 Å². The zero-order valence-corrected chi connectivity index (χ0v) is 19.7. The van der Waals surface area contributed by atoms with Crippen molar-refractivity contribution in [2.24, 2.45) is 21.8 Å². The molecule has 1 amide bonds. The number of nitrogens with zero attached hydrogens (tertiary/aromatic N) is 2. The molecule has 2 fully saturated rings. The summed E-state index contributed by atoms with van der Waals surface area (Å²) in [5, 5.41) is 5.71. The Hall–Kier alpha value is -2.94. The second kappa shape index (κ2) is 7.28. The monoisotopic (exact) mass is 469 g/mol. The number of hydrogen-bond donors (Lipinski definition) is 1. The van der Waals surface area contributed by atoms with Gasteiger partial charge in [0.25, 0.3) is 15.9 Å². The number of nitrogens with one attached hydrogen (secondary N) is 1. The SMILES string of the molecule is CC12CCC(C/C1=N/NC(=O)COC(=O)CN1c3cccc4cccc(c34)S1(=O)=O)C2(C)C. The third kappa shape index (κ3) is 3.16. The fraction of sp³-hybridized carbons (Fsp3) is 0.458. The number of anilines is 1. The van der Waals surface area contributed by atoms with Crippen LogP contribution in [-0.4, -0.2) is 39.2 Å². The molecule has 3 aliphatic rings. The fourth-order valence-electron chi connectivity index (χ4n) is 5.70. The van der Waals surface area contributed by atoms with Crippen molar-refractivity contribution in [3.63, 3.8) is 0 Å². The van der Waals surface area contributed by atoms with Crippen molar-refractivity contribution in [1.29, 1.82) is 0 Å². The van der Waals surface area contributed by atoms with Gasteiger partial charge in [0.05, 0.1) is 10.6 Å². The number of hydrazone groups is 1. The van der Waals surface area contributed by atoms with E-state index in [-0.39, 0.29) is 15.7 Å². The molecule has 0 spiro atoms. The van der Waals surface area contributed by atoms with Gasteiger partial charge < -0.3 is 4.74 Å². The molecule has 9 heteroatoms. The van der Waals surface area contributed by atoms with Crippen LogP contribution in [0.2, 0.25) is 0 Å². The number of fused-ring (bicyclic) bond motifs is 2. The van der Waals surface area contributed by atoms with Gasteiger partial charge in [0.2, 0.25) is 0 Å². The van der Waals surface area contributed by atoms with Gasteiger partial charge in [-0.2, -0.15) is 5.10 Å². The molecule has 2 aromatic rings. The average molecular weight is 470 g/mol. The molecular weight excluding hydrogens is 442 g/mol. The minimum Gasteiger partial charge on any atom is -0.454 e. The summed E-state index contributed by atoms with van der Waals surface area (Å²) >= 11 is 0.